The Hall–Kier alpha value is -4.02. The molecule has 0 aliphatic carbocycles. The molecule has 0 spiro atoms. The number of esters is 2. The van der Waals surface area contributed by atoms with Gasteiger partial charge in [-0.15, -0.1) is 22.7 Å². The summed E-state index contributed by atoms with van der Waals surface area (Å²) in [7, 11) is 5.90. The van der Waals surface area contributed by atoms with Gasteiger partial charge in [0.15, 0.2) is 11.6 Å². The number of carbonyl (C=O) groups excluding carboxylic acids is 4. The van der Waals surface area contributed by atoms with E-state index in [4.69, 9.17) is 18.9 Å². The summed E-state index contributed by atoms with van der Waals surface area (Å²) in [6, 6.07) is 11.7. The van der Waals surface area contributed by atoms with E-state index in [2.05, 4.69) is 12.2 Å². The van der Waals surface area contributed by atoms with E-state index in [0.29, 0.717) is 22.6 Å². The maximum Gasteiger partial charge on any atom is 0.308 e. The van der Waals surface area contributed by atoms with E-state index in [-0.39, 0.29) is 24.4 Å². The second kappa shape index (κ2) is 14.6. The zero-order valence-electron chi connectivity index (χ0n) is 25.7. The summed E-state index contributed by atoms with van der Waals surface area (Å²) in [5.74, 6) is -0.502. The number of hydrogen-bond donors (Lipinski definition) is 0. The van der Waals surface area contributed by atoms with Crippen LogP contribution in [0.2, 0.25) is 0 Å². The Morgan fingerprint density at radius 1 is 0.636 bits per heavy atom. The van der Waals surface area contributed by atoms with Crippen molar-refractivity contribution in [3.05, 3.63) is 69.4 Å². The summed E-state index contributed by atoms with van der Waals surface area (Å²) in [6.45, 7) is 3.38. The maximum absolute atomic E-state index is 12.8. The summed E-state index contributed by atoms with van der Waals surface area (Å²) < 4.78 is 22.7. The van der Waals surface area contributed by atoms with Crippen molar-refractivity contribution in [1.29, 1.82) is 0 Å². The number of ketones is 2. The summed E-state index contributed by atoms with van der Waals surface area (Å²) in [6.07, 6.45) is 5.58. The van der Waals surface area contributed by atoms with Crippen molar-refractivity contribution in [2.24, 2.45) is 11.8 Å². The van der Waals surface area contributed by atoms with Crippen LogP contribution in [0.1, 0.15) is 57.2 Å². The van der Waals surface area contributed by atoms with Gasteiger partial charge in [-0.25, -0.2) is 0 Å². The minimum atomic E-state index is -0.501. The molecule has 4 rings (SSSR count). The van der Waals surface area contributed by atoms with Crippen molar-refractivity contribution >= 4 is 66.4 Å². The van der Waals surface area contributed by atoms with Gasteiger partial charge in [0.25, 0.3) is 0 Å². The predicted molar refractivity (Wildman–Crippen MR) is 174 cm³/mol. The van der Waals surface area contributed by atoms with Crippen LogP contribution in [-0.4, -0.2) is 51.9 Å². The van der Waals surface area contributed by atoms with Gasteiger partial charge in [0.2, 0.25) is 0 Å². The van der Waals surface area contributed by atoms with Gasteiger partial charge in [-0.3, -0.25) is 19.2 Å². The maximum atomic E-state index is 12.8. The molecule has 10 heteroatoms. The normalized spacial score (nSPS) is 12.8. The minimum Gasteiger partial charge on any atom is -0.496 e. The van der Waals surface area contributed by atoms with Crippen LogP contribution in [0.25, 0.3) is 20.2 Å². The molecule has 2 atom stereocenters. The third-order valence-electron chi connectivity index (χ3n) is 7.42. The molecule has 0 amide bonds. The molecule has 0 saturated carbocycles. The van der Waals surface area contributed by atoms with Gasteiger partial charge in [-0.05, 0) is 71.1 Å². The van der Waals surface area contributed by atoms with Crippen LogP contribution in [0.15, 0.2) is 48.6 Å². The van der Waals surface area contributed by atoms with E-state index in [1.54, 1.807) is 28.1 Å². The largest absolute Gasteiger partial charge is 0.496 e. The summed E-state index contributed by atoms with van der Waals surface area (Å²) in [5.41, 5.74) is 1.97. The van der Waals surface area contributed by atoms with Crippen molar-refractivity contribution < 1.29 is 38.1 Å². The molecule has 0 aliphatic rings. The van der Waals surface area contributed by atoms with Crippen molar-refractivity contribution in [2.45, 2.75) is 39.5 Å². The third kappa shape index (κ3) is 7.54. The average Bonchev–Trinajstić information content (AvgIpc) is 3.64. The molecular formula is C34H36O8S2. The van der Waals surface area contributed by atoms with Crippen LogP contribution < -0.4 is 9.47 Å². The molecule has 0 bridgehead atoms. The Balaban J connectivity index is 1.47. The summed E-state index contributed by atoms with van der Waals surface area (Å²) >= 11 is 2.78. The highest BCUT2D eigenvalue weighted by Gasteiger charge is 2.22. The molecule has 0 saturated heterocycles. The number of hydrogen-bond acceptors (Lipinski definition) is 10. The molecule has 4 aromatic rings. The number of methoxy groups -OCH3 is 4. The van der Waals surface area contributed by atoms with Crippen molar-refractivity contribution in [3.63, 3.8) is 0 Å². The first-order valence-corrected chi connectivity index (χ1v) is 15.8. The van der Waals surface area contributed by atoms with E-state index in [0.717, 1.165) is 42.8 Å². The van der Waals surface area contributed by atoms with Gasteiger partial charge in [-0.1, -0.05) is 26.0 Å². The van der Waals surface area contributed by atoms with Gasteiger partial charge in [0, 0.05) is 22.2 Å². The molecule has 0 aliphatic heterocycles. The Morgan fingerprint density at radius 3 is 1.36 bits per heavy atom. The quantitative estimate of drug-likeness (QED) is 0.0811. The molecular weight excluding hydrogens is 601 g/mol. The molecule has 232 valence electrons. The van der Waals surface area contributed by atoms with E-state index in [1.807, 2.05) is 36.4 Å². The number of Topliss-reactive ketones (excluding diaryl/α,β-unsaturated/α-hetero) is 2. The van der Waals surface area contributed by atoms with Crippen LogP contribution in [0.4, 0.5) is 0 Å². The SMILES string of the molecule is COC(=O)[C@@H](C)CC(=O)c1cc2cc(CC=CCc3cc4cc(C(=O)C[C@H](C)C(=O)OC)sc4cc3OC)c(OC)cc2s1. The molecule has 8 nitrogen and oxygen atoms in total. The Bertz CT molecular complexity index is 1600. The van der Waals surface area contributed by atoms with E-state index in [9.17, 15) is 19.2 Å². The van der Waals surface area contributed by atoms with E-state index in [1.165, 1.54) is 36.9 Å². The van der Waals surface area contributed by atoms with Gasteiger partial charge >= 0.3 is 11.9 Å². The molecule has 0 radical (unpaired) electrons. The van der Waals surface area contributed by atoms with E-state index < -0.39 is 23.8 Å². The average molecular weight is 637 g/mol. The third-order valence-corrected chi connectivity index (χ3v) is 9.70. The first-order chi connectivity index (χ1) is 21.1. The van der Waals surface area contributed by atoms with Crippen LogP contribution in [0.3, 0.4) is 0 Å². The fourth-order valence-corrected chi connectivity index (χ4v) is 7.00. The molecule has 0 fully saturated rings. The van der Waals surface area contributed by atoms with Gasteiger partial charge in [-0.2, -0.15) is 0 Å². The van der Waals surface area contributed by atoms with E-state index >= 15 is 0 Å². The van der Waals surface area contributed by atoms with Crippen molar-refractivity contribution in [1.82, 2.24) is 0 Å². The first kappa shape index (κ1) is 32.9. The lowest BCUT2D eigenvalue weighted by Crippen LogP contribution is -2.16. The smallest absolute Gasteiger partial charge is 0.308 e. The molecule has 0 N–H and O–H groups in total. The highest BCUT2D eigenvalue weighted by Crippen LogP contribution is 2.35. The van der Waals surface area contributed by atoms with Gasteiger partial charge in [0.05, 0.1) is 50.0 Å². The molecule has 0 unspecified atom stereocenters. The number of ether oxygens (including phenoxy) is 4. The van der Waals surface area contributed by atoms with Crippen LogP contribution in [0, 0.1) is 11.8 Å². The van der Waals surface area contributed by atoms with Crippen LogP contribution in [0.5, 0.6) is 11.5 Å². The number of thiophene rings is 2. The highest BCUT2D eigenvalue weighted by molar-refractivity contribution is 7.21. The summed E-state index contributed by atoms with van der Waals surface area (Å²) in [5, 5.41) is 1.90. The first-order valence-electron chi connectivity index (χ1n) is 14.2. The Kier molecular flexibility index (Phi) is 10.9. The standard InChI is InChI=1S/C34H36O8S2/c1-19(33(37)41-5)11-25(35)31-15-23-13-21(27(39-3)17-29(23)43-31)9-7-8-10-22-14-24-16-32(44-30(24)18-28(22)40-4)26(36)12-20(2)34(38)42-6/h7-8,13-20H,9-12H2,1-6H3/t19-,20-/m0/s1. The fourth-order valence-electron chi connectivity index (χ4n) is 4.95. The number of carbonyl (C=O) groups is 4. The van der Waals surface area contributed by atoms with Crippen molar-refractivity contribution in [3.8, 4) is 11.5 Å². The molecule has 2 aromatic carbocycles. The lowest BCUT2D eigenvalue weighted by molar-refractivity contribution is -0.145. The zero-order valence-corrected chi connectivity index (χ0v) is 27.3. The molecule has 2 aromatic heterocycles. The summed E-state index contributed by atoms with van der Waals surface area (Å²) in [4.78, 5) is 50.3. The monoisotopic (exact) mass is 636 g/mol. The Labute approximate surface area is 264 Å². The lowest BCUT2D eigenvalue weighted by atomic mass is 10.0. The topological polar surface area (TPSA) is 105 Å². The van der Waals surface area contributed by atoms with Gasteiger partial charge in [0.1, 0.15) is 11.5 Å². The molecule has 2 heterocycles. The number of allylic oxidation sites excluding steroid dienone is 2. The van der Waals surface area contributed by atoms with Crippen LogP contribution in [-0.2, 0) is 31.9 Å². The zero-order chi connectivity index (χ0) is 32.0. The number of rotatable bonds is 14. The predicted octanol–water partition coefficient (Wildman–Crippen LogP) is 7.24. The van der Waals surface area contributed by atoms with Crippen LogP contribution >= 0.6 is 22.7 Å². The fraction of sp³-hybridized carbons (Fsp3) is 0.353. The van der Waals surface area contributed by atoms with Gasteiger partial charge < -0.3 is 18.9 Å². The Morgan fingerprint density at radius 2 is 1.02 bits per heavy atom. The molecule has 44 heavy (non-hydrogen) atoms. The number of benzene rings is 2. The lowest BCUT2D eigenvalue weighted by Gasteiger charge is -2.08. The second-order valence-electron chi connectivity index (χ2n) is 10.6. The second-order valence-corrected chi connectivity index (χ2v) is 12.8. The minimum absolute atomic E-state index is 0.0895. The van der Waals surface area contributed by atoms with Crippen molar-refractivity contribution in [2.75, 3.05) is 28.4 Å². The highest BCUT2D eigenvalue weighted by atomic mass is 32.1. The number of fused-ring (bicyclic) bond motifs is 2.